The summed E-state index contributed by atoms with van der Waals surface area (Å²) in [6, 6.07) is 2.75. The number of hydrogen-bond acceptors (Lipinski definition) is 1. The van der Waals surface area contributed by atoms with Gasteiger partial charge < -0.3 is 4.57 Å². The third kappa shape index (κ3) is 2.46. The van der Waals surface area contributed by atoms with Crippen LogP contribution in [-0.2, 0) is 6.42 Å². The van der Waals surface area contributed by atoms with Crippen LogP contribution in [0.1, 0.15) is 38.6 Å². The fourth-order valence-electron chi connectivity index (χ4n) is 2.48. The Morgan fingerprint density at radius 2 is 1.95 bits per heavy atom. The van der Waals surface area contributed by atoms with Gasteiger partial charge in [0.1, 0.15) is 11.3 Å². The molecular formula is C14H17ClF2N2. The van der Waals surface area contributed by atoms with Crippen molar-refractivity contribution < 1.29 is 8.78 Å². The number of aromatic nitrogens is 2. The first-order chi connectivity index (χ1) is 9.13. The van der Waals surface area contributed by atoms with Gasteiger partial charge >= 0.3 is 0 Å². The molecule has 2 rings (SSSR count). The molecule has 0 saturated heterocycles. The Morgan fingerprint density at radius 1 is 1.26 bits per heavy atom. The number of hydrogen-bond donors (Lipinski definition) is 0. The highest BCUT2D eigenvalue weighted by molar-refractivity contribution is 6.17. The highest BCUT2D eigenvalue weighted by Gasteiger charge is 2.21. The fraction of sp³-hybridized carbons (Fsp3) is 0.500. The van der Waals surface area contributed by atoms with E-state index in [-0.39, 0.29) is 11.6 Å². The van der Waals surface area contributed by atoms with E-state index in [2.05, 4.69) is 4.98 Å². The summed E-state index contributed by atoms with van der Waals surface area (Å²) in [5.41, 5.74) is 0.750. The van der Waals surface area contributed by atoms with E-state index in [0.29, 0.717) is 17.8 Å². The number of halogens is 3. The molecular weight excluding hydrogens is 270 g/mol. The normalized spacial score (nSPS) is 11.7. The Balaban J connectivity index is 2.73. The molecule has 0 unspecified atom stereocenters. The molecule has 0 fully saturated rings. The van der Waals surface area contributed by atoms with E-state index in [9.17, 15) is 8.78 Å². The standard InChI is InChI=1S/C14H17ClF2N2/c1-3-9(4-2)19-12(7-8-15)18-11-6-5-10(16)13(17)14(11)19/h5-6,9H,3-4,7-8H2,1-2H3. The maximum absolute atomic E-state index is 14.1. The Hall–Kier alpha value is -1.16. The van der Waals surface area contributed by atoms with Crippen molar-refractivity contribution >= 4 is 22.6 Å². The number of fused-ring (bicyclic) bond motifs is 1. The van der Waals surface area contributed by atoms with Crippen LogP contribution in [0, 0.1) is 11.6 Å². The van der Waals surface area contributed by atoms with Crippen LogP contribution in [0.3, 0.4) is 0 Å². The lowest BCUT2D eigenvalue weighted by Gasteiger charge is -2.18. The molecule has 19 heavy (non-hydrogen) atoms. The predicted molar refractivity (Wildman–Crippen MR) is 73.7 cm³/mol. The topological polar surface area (TPSA) is 17.8 Å². The summed E-state index contributed by atoms with van der Waals surface area (Å²) in [4.78, 5) is 4.39. The van der Waals surface area contributed by atoms with Crippen molar-refractivity contribution in [3.05, 3.63) is 29.6 Å². The van der Waals surface area contributed by atoms with Gasteiger partial charge in [0, 0.05) is 18.3 Å². The van der Waals surface area contributed by atoms with E-state index < -0.39 is 11.6 Å². The monoisotopic (exact) mass is 286 g/mol. The third-order valence-corrected chi connectivity index (χ3v) is 3.63. The second-order valence-electron chi connectivity index (χ2n) is 4.54. The number of benzene rings is 1. The van der Waals surface area contributed by atoms with Crippen LogP contribution in [-0.4, -0.2) is 15.4 Å². The minimum absolute atomic E-state index is 0.111. The zero-order valence-electron chi connectivity index (χ0n) is 11.1. The number of alkyl halides is 1. The Bertz CT molecular complexity index is 576. The van der Waals surface area contributed by atoms with Crippen molar-refractivity contribution in [3.63, 3.8) is 0 Å². The minimum Gasteiger partial charge on any atom is -0.322 e. The Labute approximate surface area is 116 Å². The maximum Gasteiger partial charge on any atom is 0.184 e. The second-order valence-corrected chi connectivity index (χ2v) is 4.91. The van der Waals surface area contributed by atoms with Gasteiger partial charge in [0.05, 0.1) is 5.52 Å². The van der Waals surface area contributed by atoms with Gasteiger partial charge in [-0.05, 0) is 25.0 Å². The van der Waals surface area contributed by atoms with Gasteiger partial charge in [-0.1, -0.05) is 13.8 Å². The molecule has 0 N–H and O–H groups in total. The summed E-state index contributed by atoms with van der Waals surface area (Å²) in [5, 5.41) is 0. The zero-order valence-corrected chi connectivity index (χ0v) is 11.8. The lowest BCUT2D eigenvalue weighted by atomic mass is 10.1. The van der Waals surface area contributed by atoms with Crippen LogP contribution in [0.25, 0.3) is 11.0 Å². The van der Waals surface area contributed by atoms with Gasteiger partial charge in [-0.15, -0.1) is 11.6 Å². The van der Waals surface area contributed by atoms with E-state index in [0.717, 1.165) is 24.7 Å². The van der Waals surface area contributed by atoms with Crippen molar-refractivity contribution in [1.29, 1.82) is 0 Å². The second kappa shape index (κ2) is 5.87. The largest absolute Gasteiger partial charge is 0.322 e. The molecule has 2 nitrogen and oxygen atoms in total. The Kier molecular flexibility index (Phi) is 4.40. The van der Waals surface area contributed by atoms with E-state index in [1.54, 1.807) is 0 Å². The third-order valence-electron chi connectivity index (χ3n) is 3.44. The molecule has 0 aliphatic carbocycles. The molecule has 5 heteroatoms. The molecule has 0 spiro atoms. The minimum atomic E-state index is -0.836. The van der Waals surface area contributed by atoms with Gasteiger partial charge in [-0.3, -0.25) is 0 Å². The number of imidazole rings is 1. The molecule has 1 aromatic heterocycles. The molecule has 104 valence electrons. The summed E-state index contributed by atoms with van der Waals surface area (Å²) in [6.45, 7) is 4.06. The Morgan fingerprint density at radius 3 is 2.53 bits per heavy atom. The summed E-state index contributed by atoms with van der Waals surface area (Å²) < 4.78 is 29.3. The lowest BCUT2D eigenvalue weighted by Crippen LogP contribution is -2.12. The molecule has 0 aliphatic rings. The van der Waals surface area contributed by atoms with E-state index in [1.807, 2.05) is 18.4 Å². The van der Waals surface area contributed by atoms with Crippen molar-refractivity contribution in [2.45, 2.75) is 39.2 Å². The van der Waals surface area contributed by atoms with E-state index in [1.165, 1.54) is 6.07 Å². The number of rotatable bonds is 5. The van der Waals surface area contributed by atoms with Crippen molar-refractivity contribution in [2.75, 3.05) is 5.88 Å². The smallest absolute Gasteiger partial charge is 0.184 e. The fourth-order valence-corrected chi connectivity index (χ4v) is 2.65. The summed E-state index contributed by atoms with van der Waals surface area (Å²) in [6.07, 6.45) is 2.23. The van der Waals surface area contributed by atoms with Crippen molar-refractivity contribution in [3.8, 4) is 0 Å². The van der Waals surface area contributed by atoms with Gasteiger partial charge in [-0.2, -0.15) is 0 Å². The van der Waals surface area contributed by atoms with Gasteiger partial charge in [0.15, 0.2) is 11.6 Å². The number of aryl methyl sites for hydroxylation is 1. The summed E-state index contributed by atoms with van der Waals surface area (Å²) >= 11 is 5.78. The molecule has 2 aromatic rings. The SMILES string of the molecule is CCC(CC)n1c(CCCl)nc2ccc(F)c(F)c21. The van der Waals surface area contributed by atoms with E-state index in [4.69, 9.17) is 11.6 Å². The summed E-state index contributed by atoms with van der Waals surface area (Å²) in [7, 11) is 0. The zero-order chi connectivity index (χ0) is 14.0. The van der Waals surface area contributed by atoms with Crippen LogP contribution in [0.15, 0.2) is 12.1 Å². The first-order valence-electron chi connectivity index (χ1n) is 6.54. The average molecular weight is 287 g/mol. The van der Waals surface area contributed by atoms with Crippen LogP contribution in [0.2, 0.25) is 0 Å². The molecule has 0 aliphatic heterocycles. The van der Waals surface area contributed by atoms with Crippen molar-refractivity contribution in [2.24, 2.45) is 0 Å². The molecule has 1 aromatic carbocycles. The van der Waals surface area contributed by atoms with Gasteiger partial charge in [-0.25, -0.2) is 13.8 Å². The number of nitrogens with zero attached hydrogens (tertiary/aromatic N) is 2. The molecule has 0 amide bonds. The highest BCUT2D eigenvalue weighted by atomic mass is 35.5. The van der Waals surface area contributed by atoms with Crippen LogP contribution < -0.4 is 0 Å². The highest BCUT2D eigenvalue weighted by Crippen LogP contribution is 2.28. The summed E-state index contributed by atoms with van der Waals surface area (Å²) in [5.74, 6) is -0.522. The van der Waals surface area contributed by atoms with Crippen LogP contribution >= 0.6 is 11.6 Å². The first kappa shape index (κ1) is 14.3. The van der Waals surface area contributed by atoms with E-state index >= 15 is 0 Å². The van der Waals surface area contributed by atoms with Crippen LogP contribution in [0.5, 0.6) is 0 Å². The van der Waals surface area contributed by atoms with Gasteiger partial charge in [0.25, 0.3) is 0 Å². The molecule has 1 heterocycles. The maximum atomic E-state index is 14.1. The first-order valence-corrected chi connectivity index (χ1v) is 7.08. The molecule has 0 radical (unpaired) electrons. The quantitative estimate of drug-likeness (QED) is 0.742. The molecule has 0 atom stereocenters. The van der Waals surface area contributed by atoms with Crippen molar-refractivity contribution in [1.82, 2.24) is 9.55 Å². The van der Waals surface area contributed by atoms with Crippen LogP contribution in [0.4, 0.5) is 8.78 Å². The molecule has 0 saturated carbocycles. The molecule has 0 bridgehead atoms. The lowest BCUT2D eigenvalue weighted by molar-refractivity contribution is 0.455. The average Bonchev–Trinajstić information content (AvgIpc) is 2.76. The van der Waals surface area contributed by atoms with Gasteiger partial charge in [0.2, 0.25) is 0 Å². The predicted octanol–water partition coefficient (Wildman–Crippen LogP) is 4.46.